The number of hydrogen-bond donors (Lipinski definition) is 4. The number of rotatable bonds is 13. The normalized spacial score (nSPS) is 27.9. The maximum atomic E-state index is 13.8. The number of aliphatic hydroxyl groups is 3. The Bertz CT molecular complexity index is 1150. The van der Waals surface area contributed by atoms with Gasteiger partial charge in [-0.2, -0.15) is 0 Å². The second-order valence-corrected chi connectivity index (χ2v) is 13.8. The number of nitrogens with zero attached hydrogens (tertiary/aromatic N) is 1. The number of amides is 2. The highest BCUT2D eigenvalue weighted by molar-refractivity contribution is 14.1. The van der Waals surface area contributed by atoms with Crippen LogP contribution in [-0.4, -0.2) is 77.1 Å². The Morgan fingerprint density at radius 2 is 1.98 bits per heavy atom. The molecule has 0 spiro atoms. The minimum atomic E-state index is -1.09. The van der Waals surface area contributed by atoms with Gasteiger partial charge in [-0.25, -0.2) is 0 Å². The van der Waals surface area contributed by atoms with E-state index in [-0.39, 0.29) is 43.4 Å². The smallest absolute Gasteiger partial charge is 0.247 e. The molecule has 3 saturated carbocycles. The Kier molecular flexibility index (Phi) is 11.2. The van der Waals surface area contributed by atoms with Crippen LogP contribution in [-0.2, 0) is 16.2 Å². The molecule has 1 aromatic carbocycles. The number of methoxy groups -OCH3 is 1. The number of halogens is 1. The van der Waals surface area contributed by atoms with Crippen molar-refractivity contribution < 1.29 is 34.4 Å². The van der Waals surface area contributed by atoms with Crippen molar-refractivity contribution in [1.29, 1.82) is 0 Å². The van der Waals surface area contributed by atoms with E-state index in [1.165, 1.54) is 13.5 Å². The van der Waals surface area contributed by atoms with E-state index in [1.54, 1.807) is 18.2 Å². The van der Waals surface area contributed by atoms with E-state index in [2.05, 4.69) is 48.7 Å². The molecule has 42 heavy (non-hydrogen) atoms. The average molecular weight is 699 g/mol. The number of fused-ring (bicyclic) bond motifs is 2. The van der Waals surface area contributed by atoms with Gasteiger partial charge in [0.1, 0.15) is 12.2 Å². The highest BCUT2D eigenvalue weighted by Gasteiger charge is 2.55. The number of ether oxygens (including phenoxy) is 2. The van der Waals surface area contributed by atoms with Crippen LogP contribution >= 0.6 is 22.6 Å². The molecule has 0 aromatic heterocycles. The summed E-state index contributed by atoms with van der Waals surface area (Å²) in [5.74, 6) is 2.05. The molecular weight excluding hydrogens is 651 g/mol. The second kappa shape index (κ2) is 14.3. The first-order valence-electron chi connectivity index (χ1n) is 15.3. The summed E-state index contributed by atoms with van der Waals surface area (Å²) < 4.78 is 12.6. The molecule has 0 saturated heterocycles. The molecule has 4 aliphatic rings. The zero-order chi connectivity index (χ0) is 30.6. The molecular formula is C32H47IN2O7. The van der Waals surface area contributed by atoms with Crippen LogP contribution in [0.15, 0.2) is 23.8 Å². The second-order valence-electron chi connectivity index (χ2n) is 12.6. The van der Waals surface area contributed by atoms with E-state index >= 15 is 0 Å². The van der Waals surface area contributed by atoms with Crippen molar-refractivity contribution in [1.82, 2.24) is 10.2 Å². The molecule has 6 atom stereocenters. The van der Waals surface area contributed by atoms with Gasteiger partial charge in [0.15, 0.2) is 11.5 Å². The summed E-state index contributed by atoms with van der Waals surface area (Å²) in [5.41, 5.74) is 1.32. The molecule has 2 amide bonds. The maximum Gasteiger partial charge on any atom is 0.247 e. The standard InChI is InChI=1S/C32H47IN2O7/c1-5-6-7-28(38)35(17-20-8-9-22-16-23(20)32(22,2)3)25-14-21(31(40)34-10-11-36)15-26(29(25)39)42-30-24(33)12-19(18-37)13-27(30)41-4/h12-13,15,20,22-23,25-26,29,36-37,39H,5-11,14,16-18H2,1-4H3,(H,34,40). The van der Waals surface area contributed by atoms with Gasteiger partial charge < -0.3 is 35.0 Å². The van der Waals surface area contributed by atoms with Crippen molar-refractivity contribution in [2.45, 2.75) is 90.6 Å². The Morgan fingerprint density at radius 1 is 1.21 bits per heavy atom. The molecule has 0 aliphatic heterocycles. The molecule has 0 radical (unpaired) electrons. The number of hydrogen-bond acceptors (Lipinski definition) is 7. The first-order chi connectivity index (χ1) is 20.0. The molecule has 9 nitrogen and oxygen atoms in total. The Morgan fingerprint density at radius 3 is 2.60 bits per heavy atom. The topological polar surface area (TPSA) is 129 Å². The SMILES string of the molecule is CCCCC(=O)N(CC1CCC2CC1C2(C)C)C1CC(C(=O)NCCO)=CC(Oc2c(I)cc(CO)cc2OC)C1O. The summed E-state index contributed by atoms with van der Waals surface area (Å²) in [7, 11) is 1.51. The van der Waals surface area contributed by atoms with E-state index in [4.69, 9.17) is 9.47 Å². The molecule has 5 rings (SSSR count). The molecule has 1 aromatic rings. The van der Waals surface area contributed by atoms with Gasteiger partial charge >= 0.3 is 0 Å². The monoisotopic (exact) mass is 698 g/mol. The highest BCUT2D eigenvalue weighted by Crippen LogP contribution is 2.61. The first kappa shape index (κ1) is 33.0. The fraction of sp³-hybridized carbons (Fsp3) is 0.688. The average Bonchev–Trinajstić information content (AvgIpc) is 2.99. The van der Waals surface area contributed by atoms with Crippen molar-refractivity contribution >= 4 is 34.4 Å². The Labute approximate surface area is 263 Å². The van der Waals surface area contributed by atoms with Crippen molar-refractivity contribution in [2.75, 3.05) is 26.8 Å². The minimum Gasteiger partial charge on any atom is -0.493 e. The predicted octanol–water partition coefficient (Wildman–Crippen LogP) is 3.80. The van der Waals surface area contributed by atoms with E-state index in [9.17, 15) is 24.9 Å². The van der Waals surface area contributed by atoms with Gasteiger partial charge in [0.25, 0.3) is 0 Å². The molecule has 6 unspecified atom stereocenters. The van der Waals surface area contributed by atoms with Crippen LogP contribution in [0.25, 0.3) is 0 Å². The summed E-state index contributed by atoms with van der Waals surface area (Å²) in [6.07, 6.45) is 5.22. The zero-order valence-electron chi connectivity index (χ0n) is 25.3. The third-order valence-corrected chi connectivity index (χ3v) is 10.6. The summed E-state index contributed by atoms with van der Waals surface area (Å²) in [5, 5.41) is 33.5. The Hall–Kier alpha value is -1.89. The van der Waals surface area contributed by atoms with E-state index in [0.29, 0.717) is 51.0 Å². The van der Waals surface area contributed by atoms with Gasteiger partial charge in [-0.05, 0) is 95.2 Å². The van der Waals surface area contributed by atoms with Crippen LogP contribution in [0.2, 0.25) is 0 Å². The molecule has 3 fully saturated rings. The summed E-state index contributed by atoms with van der Waals surface area (Å²) >= 11 is 2.10. The summed E-state index contributed by atoms with van der Waals surface area (Å²) in [6, 6.07) is 2.81. The van der Waals surface area contributed by atoms with E-state index in [0.717, 1.165) is 31.6 Å². The number of carbonyl (C=O) groups is 2. The van der Waals surface area contributed by atoms with Crippen molar-refractivity contribution in [3.63, 3.8) is 0 Å². The van der Waals surface area contributed by atoms with Crippen LogP contribution in [0, 0.1) is 26.7 Å². The predicted molar refractivity (Wildman–Crippen MR) is 168 cm³/mol. The number of benzene rings is 1. The van der Waals surface area contributed by atoms with Crippen molar-refractivity contribution in [2.24, 2.45) is 23.2 Å². The first-order valence-corrected chi connectivity index (χ1v) is 16.3. The van der Waals surface area contributed by atoms with Crippen LogP contribution in [0.1, 0.15) is 71.3 Å². The van der Waals surface area contributed by atoms with Gasteiger partial charge in [-0.15, -0.1) is 0 Å². The summed E-state index contributed by atoms with van der Waals surface area (Å²) in [4.78, 5) is 28.9. The largest absolute Gasteiger partial charge is 0.493 e. The maximum absolute atomic E-state index is 13.8. The number of carbonyl (C=O) groups excluding carboxylic acids is 2. The van der Waals surface area contributed by atoms with Crippen molar-refractivity contribution in [3.8, 4) is 11.5 Å². The zero-order valence-corrected chi connectivity index (χ0v) is 27.4. The quantitative estimate of drug-likeness (QED) is 0.231. The number of aliphatic hydroxyl groups excluding tert-OH is 3. The fourth-order valence-electron chi connectivity index (χ4n) is 7.22. The lowest BCUT2D eigenvalue weighted by Gasteiger charge is -2.61. The van der Waals surface area contributed by atoms with E-state index < -0.39 is 18.2 Å². The van der Waals surface area contributed by atoms with Gasteiger partial charge in [0, 0.05) is 31.5 Å². The molecule has 10 heteroatoms. The number of nitrogens with one attached hydrogen (secondary N) is 1. The third kappa shape index (κ3) is 6.92. The van der Waals surface area contributed by atoms with Gasteiger partial charge in [0.05, 0.1) is 29.9 Å². The minimum absolute atomic E-state index is 0.00428. The molecule has 4 N–H and O–H groups in total. The van der Waals surface area contributed by atoms with Crippen LogP contribution in [0.3, 0.4) is 0 Å². The summed E-state index contributed by atoms with van der Waals surface area (Å²) in [6.45, 7) is 7.02. The van der Waals surface area contributed by atoms with Gasteiger partial charge in [0.2, 0.25) is 11.8 Å². The highest BCUT2D eigenvalue weighted by atomic mass is 127. The van der Waals surface area contributed by atoms with Crippen LogP contribution in [0.5, 0.6) is 11.5 Å². The number of unbranched alkanes of at least 4 members (excludes halogenated alkanes) is 1. The van der Waals surface area contributed by atoms with Gasteiger partial charge in [-0.1, -0.05) is 27.2 Å². The Balaban J connectivity index is 1.68. The van der Waals surface area contributed by atoms with Crippen LogP contribution in [0.4, 0.5) is 0 Å². The van der Waals surface area contributed by atoms with Crippen molar-refractivity contribution in [3.05, 3.63) is 32.9 Å². The fourth-order valence-corrected chi connectivity index (χ4v) is 8.01. The molecule has 4 aliphatic carbocycles. The molecule has 2 bridgehead atoms. The third-order valence-electron chi connectivity index (χ3n) is 9.84. The lowest BCUT2D eigenvalue weighted by atomic mass is 9.45. The molecule has 234 valence electrons. The lowest BCUT2D eigenvalue weighted by Crippen LogP contribution is -2.59. The lowest BCUT2D eigenvalue weighted by molar-refractivity contribution is -0.148. The van der Waals surface area contributed by atoms with Gasteiger partial charge in [-0.3, -0.25) is 9.59 Å². The van der Waals surface area contributed by atoms with E-state index in [1.807, 2.05) is 4.90 Å². The molecule has 0 heterocycles. The van der Waals surface area contributed by atoms with Crippen LogP contribution < -0.4 is 14.8 Å².